The van der Waals surface area contributed by atoms with Crippen molar-refractivity contribution in [2.24, 2.45) is 0 Å². The van der Waals surface area contributed by atoms with Crippen molar-refractivity contribution in [2.45, 2.75) is 31.7 Å². The van der Waals surface area contributed by atoms with E-state index in [1.807, 2.05) is 24.3 Å². The second-order valence-corrected chi connectivity index (χ2v) is 4.37. The highest BCUT2D eigenvalue weighted by Gasteiger charge is 2.20. The van der Waals surface area contributed by atoms with Crippen LogP contribution in [0.4, 0.5) is 0 Å². The zero-order valence-corrected chi connectivity index (χ0v) is 10.3. The van der Waals surface area contributed by atoms with Crippen molar-refractivity contribution < 1.29 is 14.6 Å². The van der Waals surface area contributed by atoms with Gasteiger partial charge in [-0.1, -0.05) is 18.1 Å². The molecule has 1 saturated heterocycles. The monoisotopic (exact) mass is 246 g/mol. The Kier molecular flexibility index (Phi) is 4.77. The maximum Gasteiger partial charge on any atom is 0.158 e. The summed E-state index contributed by atoms with van der Waals surface area (Å²) in [6, 6.07) is 7.48. The van der Waals surface area contributed by atoms with E-state index >= 15 is 0 Å². The minimum Gasteiger partial charge on any atom is -0.393 e. The van der Waals surface area contributed by atoms with Crippen LogP contribution >= 0.6 is 0 Å². The maximum absolute atomic E-state index is 9.42. The summed E-state index contributed by atoms with van der Waals surface area (Å²) < 4.78 is 11.3. The summed E-state index contributed by atoms with van der Waals surface area (Å²) in [6.45, 7) is 0.675. The highest BCUT2D eigenvalue weighted by atomic mass is 16.7. The minimum atomic E-state index is -0.347. The van der Waals surface area contributed by atoms with Crippen LogP contribution in [0.25, 0.3) is 0 Å². The summed E-state index contributed by atoms with van der Waals surface area (Å²) in [6.07, 6.45) is 7.84. The topological polar surface area (TPSA) is 38.7 Å². The van der Waals surface area contributed by atoms with Crippen LogP contribution < -0.4 is 0 Å². The van der Waals surface area contributed by atoms with Gasteiger partial charge >= 0.3 is 0 Å². The summed E-state index contributed by atoms with van der Waals surface area (Å²) in [5.74, 6) is 2.56. The molecule has 1 fully saturated rings. The number of aliphatic hydroxyl groups is 1. The van der Waals surface area contributed by atoms with Crippen molar-refractivity contribution in [2.75, 3.05) is 13.2 Å². The van der Waals surface area contributed by atoms with Gasteiger partial charge in [-0.15, -0.1) is 6.42 Å². The third-order valence-electron chi connectivity index (χ3n) is 3.07. The van der Waals surface area contributed by atoms with Gasteiger partial charge in [-0.25, -0.2) is 0 Å². The summed E-state index contributed by atoms with van der Waals surface area (Å²) in [5.41, 5.74) is 1.75. The van der Waals surface area contributed by atoms with Crippen molar-refractivity contribution in [1.29, 1.82) is 0 Å². The Morgan fingerprint density at radius 3 is 2.72 bits per heavy atom. The zero-order chi connectivity index (χ0) is 12.8. The first kappa shape index (κ1) is 13.1. The average Bonchev–Trinajstić information content (AvgIpc) is 2.46. The van der Waals surface area contributed by atoms with Crippen LogP contribution in [-0.2, 0) is 9.47 Å². The van der Waals surface area contributed by atoms with Gasteiger partial charge < -0.3 is 14.6 Å². The van der Waals surface area contributed by atoms with E-state index in [1.54, 1.807) is 0 Å². The van der Waals surface area contributed by atoms with Crippen LogP contribution in [0.5, 0.6) is 0 Å². The number of hydrogen-bond donors (Lipinski definition) is 1. The number of hydrogen-bond acceptors (Lipinski definition) is 3. The molecule has 0 aromatic heterocycles. The molecule has 96 valence electrons. The van der Waals surface area contributed by atoms with E-state index in [0.29, 0.717) is 0 Å². The van der Waals surface area contributed by atoms with Gasteiger partial charge in [0.25, 0.3) is 0 Å². The van der Waals surface area contributed by atoms with E-state index in [2.05, 4.69) is 5.92 Å². The Labute approximate surface area is 108 Å². The zero-order valence-electron chi connectivity index (χ0n) is 10.3. The molecule has 0 amide bonds. The fourth-order valence-electron chi connectivity index (χ4n) is 2.02. The molecule has 1 aromatic carbocycles. The molecule has 18 heavy (non-hydrogen) atoms. The number of terminal acetylenes is 1. The third-order valence-corrected chi connectivity index (χ3v) is 3.07. The largest absolute Gasteiger partial charge is 0.393 e. The lowest BCUT2D eigenvalue weighted by Crippen LogP contribution is -2.25. The molecular formula is C15H18O3. The molecule has 3 heteroatoms. The Bertz CT molecular complexity index is 399. The lowest BCUT2D eigenvalue weighted by molar-refractivity contribution is -0.196. The van der Waals surface area contributed by atoms with Crippen LogP contribution in [0.1, 0.15) is 36.5 Å². The Hall–Kier alpha value is -1.34. The molecule has 0 saturated carbocycles. The molecule has 0 aliphatic carbocycles. The molecule has 2 atom stereocenters. The van der Waals surface area contributed by atoms with Gasteiger partial charge in [0.05, 0.1) is 6.61 Å². The average molecular weight is 246 g/mol. The normalized spacial score (nSPS) is 21.2. The standard InChI is InChI=1S/C15H18O3/c1-2-12-6-8-13(9-7-12)14(11-16)18-15-5-3-4-10-17-15/h1,6-9,14-16H,3-5,10-11H2. The lowest BCUT2D eigenvalue weighted by atomic mass is 10.1. The van der Waals surface area contributed by atoms with Gasteiger partial charge in [0.15, 0.2) is 6.29 Å². The Balaban J connectivity index is 2.00. The van der Waals surface area contributed by atoms with E-state index in [0.717, 1.165) is 37.0 Å². The van der Waals surface area contributed by atoms with Crippen LogP contribution in [0.3, 0.4) is 0 Å². The molecule has 1 heterocycles. The summed E-state index contributed by atoms with van der Waals surface area (Å²) in [4.78, 5) is 0. The van der Waals surface area contributed by atoms with Gasteiger partial charge in [-0.2, -0.15) is 0 Å². The van der Waals surface area contributed by atoms with E-state index in [-0.39, 0.29) is 19.0 Å². The molecule has 0 bridgehead atoms. The molecule has 2 unspecified atom stereocenters. The van der Waals surface area contributed by atoms with Gasteiger partial charge in [0.2, 0.25) is 0 Å². The Morgan fingerprint density at radius 2 is 2.17 bits per heavy atom. The fraction of sp³-hybridized carbons (Fsp3) is 0.467. The molecule has 2 rings (SSSR count). The number of rotatable bonds is 4. The highest BCUT2D eigenvalue weighted by molar-refractivity contribution is 5.34. The van der Waals surface area contributed by atoms with Crippen molar-refractivity contribution in [3.05, 3.63) is 35.4 Å². The van der Waals surface area contributed by atoms with Crippen molar-refractivity contribution in [1.82, 2.24) is 0 Å². The van der Waals surface area contributed by atoms with Gasteiger partial charge in [0, 0.05) is 12.2 Å². The van der Waals surface area contributed by atoms with Gasteiger partial charge in [-0.05, 0) is 37.0 Å². The quantitative estimate of drug-likeness (QED) is 0.828. The number of aliphatic hydroxyl groups excluding tert-OH is 1. The molecule has 1 aliphatic rings. The fourth-order valence-corrected chi connectivity index (χ4v) is 2.02. The molecule has 1 N–H and O–H groups in total. The number of ether oxygens (including phenoxy) is 2. The molecule has 1 aliphatic heterocycles. The smallest absolute Gasteiger partial charge is 0.158 e. The van der Waals surface area contributed by atoms with Crippen LogP contribution in [0.2, 0.25) is 0 Å². The third kappa shape index (κ3) is 3.33. The second kappa shape index (κ2) is 6.55. The predicted molar refractivity (Wildman–Crippen MR) is 68.9 cm³/mol. The van der Waals surface area contributed by atoms with Gasteiger partial charge in [0.1, 0.15) is 6.10 Å². The Morgan fingerprint density at radius 1 is 1.39 bits per heavy atom. The first-order valence-electron chi connectivity index (χ1n) is 6.28. The summed E-state index contributed by atoms with van der Waals surface area (Å²) in [5, 5.41) is 9.42. The molecule has 0 spiro atoms. The molecule has 0 radical (unpaired) electrons. The van der Waals surface area contributed by atoms with E-state index in [9.17, 15) is 5.11 Å². The van der Waals surface area contributed by atoms with Crippen molar-refractivity contribution >= 4 is 0 Å². The van der Waals surface area contributed by atoms with Crippen LogP contribution in [0.15, 0.2) is 24.3 Å². The van der Waals surface area contributed by atoms with Gasteiger partial charge in [-0.3, -0.25) is 0 Å². The summed E-state index contributed by atoms with van der Waals surface area (Å²) in [7, 11) is 0. The molecule has 1 aromatic rings. The van der Waals surface area contributed by atoms with E-state index in [1.165, 1.54) is 0 Å². The van der Waals surface area contributed by atoms with Crippen LogP contribution in [-0.4, -0.2) is 24.6 Å². The molecule has 3 nitrogen and oxygen atoms in total. The molecular weight excluding hydrogens is 228 g/mol. The first-order valence-corrected chi connectivity index (χ1v) is 6.28. The lowest BCUT2D eigenvalue weighted by Gasteiger charge is -2.27. The maximum atomic E-state index is 9.42. The SMILES string of the molecule is C#Cc1ccc(C(CO)OC2CCCCO2)cc1. The predicted octanol–water partition coefficient (Wildman–Crippen LogP) is 2.24. The van der Waals surface area contributed by atoms with Crippen molar-refractivity contribution in [3.8, 4) is 12.3 Å². The first-order chi connectivity index (χ1) is 8.83. The summed E-state index contributed by atoms with van der Waals surface area (Å²) >= 11 is 0. The van der Waals surface area contributed by atoms with E-state index in [4.69, 9.17) is 15.9 Å². The minimum absolute atomic E-state index is 0.0603. The second-order valence-electron chi connectivity index (χ2n) is 4.37. The van der Waals surface area contributed by atoms with Crippen LogP contribution in [0, 0.1) is 12.3 Å². The highest BCUT2D eigenvalue weighted by Crippen LogP contribution is 2.23. The van der Waals surface area contributed by atoms with E-state index < -0.39 is 0 Å². The number of benzene rings is 1. The van der Waals surface area contributed by atoms with Crippen molar-refractivity contribution in [3.63, 3.8) is 0 Å².